The Kier molecular flexibility index (Phi) is 7.40. The Morgan fingerprint density at radius 3 is 0.767 bits per heavy atom. The molecule has 25 heteroatoms. The number of sulfone groups is 2. The smallest absolute Gasteiger partial charge is 0.242 e. The Morgan fingerprint density at radius 1 is 0.433 bits per heavy atom. The van der Waals surface area contributed by atoms with Crippen molar-refractivity contribution < 1.29 is 86.4 Å². The predicted molar refractivity (Wildman–Crippen MR) is 69.4 cm³/mol. The summed E-state index contributed by atoms with van der Waals surface area (Å²) in [5.41, 5.74) is -29.7. The van der Waals surface area contributed by atoms with E-state index in [0.29, 0.717) is 0 Å². The van der Waals surface area contributed by atoms with Gasteiger partial charge in [-0.05, 0) is 0 Å². The van der Waals surface area contributed by atoms with E-state index >= 15 is 0 Å². The minimum absolute atomic E-state index is 6.23. The topological polar surface area (TPSA) is 137 Å². The lowest BCUT2D eigenvalue weighted by molar-refractivity contribution is -0.0474. The highest BCUT2D eigenvalue weighted by Crippen LogP contribution is 2.44. The fourth-order valence-electron chi connectivity index (χ4n) is 1.45. The van der Waals surface area contributed by atoms with Crippen LogP contribution in [-0.4, -0.2) is 71.0 Å². The van der Waals surface area contributed by atoms with Gasteiger partial charge in [0.05, 0.1) is 0 Å². The maximum atomic E-state index is 12.6. The lowest BCUT2D eigenvalue weighted by Gasteiger charge is -2.25. The molecule has 0 saturated heterocycles. The van der Waals surface area contributed by atoms with Crippen molar-refractivity contribution in [1.82, 2.24) is 0 Å². The number of hydrogen-bond donors (Lipinski definition) is 0. The Morgan fingerprint density at radius 2 is 0.633 bits per heavy atom. The van der Waals surface area contributed by atoms with Crippen molar-refractivity contribution in [3.63, 3.8) is 0 Å². The Bertz CT molecular complexity index is 909. The van der Waals surface area contributed by atoms with Crippen molar-refractivity contribution in [2.45, 2.75) is 25.5 Å². The minimum Gasteiger partial charge on any atom is -0.242 e. The number of rotatable bonds is 5. The average Bonchev–Trinajstić information content (AvgIpc) is 2.38. The zero-order valence-corrected chi connectivity index (χ0v) is 17.0. The van der Waals surface area contributed by atoms with Gasteiger partial charge in [-0.1, -0.05) is 0 Å². The summed E-state index contributed by atoms with van der Waals surface area (Å²) < 4.78 is 235. The standard InChI is InChI=1S/C3HF6O4S2.2CF3O2S.Al/c4-2(5,6)14(10,11)1-15(12,13)3(7,8)9;2*2-1(3,4)7(5)6;/h1H;;;. The Labute approximate surface area is 160 Å². The van der Waals surface area contributed by atoms with Crippen LogP contribution in [0, 0.1) is 0 Å². The SMILES string of the molecule is O=S(=O)([CH]([Al]([S](=O)(=O)C(F)(F)F)[S](=O)(=O)C(F)(F)F)S(=O)(=O)C(F)(F)F)C(F)(F)F. The van der Waals surface area contributed by atoms with Gasteiger partial charge in [0, 0.05) is 0 Å². The monoisotopic (exact) mass is 572 g/mol. The van der Waals surface area contributed by atoms with Gasteiger partial charge < -0.3 is 0 Å². The van der Waals surface area contributed by atoms with E-state index in [0.717, 1.165) is 0 Å². The molecule has 0 aliphatic rings. The highest BCUT2D eigenvalue weighted by atomic mass is 32.5. The molecule has 0 saturated carbocycles. The van der Waals surface area contributed by atoms with Gasteiger partial charge in [-0.3, -0.25) is 0 Å². The summed E-state index contributed by atoms with van der Waals surface area (Å²) in [5.74, 6) is 0. The van der Waals surface area contributed by atoms with Crippen LogP contribution >= 0.6 is 0 Å². The zero-order chi connectivity index (χ0) is 25.2. The molecule has 0 atom stereocenters. The third-order valence-electron chi connectivity index (χ3n) is 2.74. The van der Waals surface area contributed by atoms with Gasteiger partial charge in [0.25, 0.3) is 19.7 Å². The maximum Gasteiger partial charge on any atom is 0.693 e. The van der Waals surface area contributed by atoms with Crippen molar-refractivity contribution in [1.29, 1.82) is 0 Å². The van der Waals surface area contributed by atoms with Crippen molar-refractivity contribution in [2.24, 2.45) is 0 Å². The molecular formula is C5HAlF12O8S4. The van der Waals surface area contributed by atoms with Crippen LogP contribution in [0.3, 0.4) is 0 Å². The molecule has 180 valence electrons. The summed E-state index contributed by atoms with van der Waals surface area (Å²) in [6.07, 6.45) is 0. The van der Waals surface area contributed by atoms with Crippen LogP contribution in [0.25, 0.3) is 0 Å². The number of halogens is 12. The van der Waals surface area contributed by atoms with Crippen LogP contribution in [-0.2, 0) is 36.1 Å². The minimum atomic E-state index is -8.47. The van der Waals surface area contributed by atoms with Crippen LogP contribution in [0.4, 0.5) is 52.7 Å². The molecule has 0 aromatic carbocycles. The summed E-state index contributed by atoms with van der Waals surface area (Å²) in [7, 11) is -33.7. The molecule has 0 radical (unpaired) electrons. The van der Waals surface area contributed by atoms with Gasteiger partial charge in [-0.25, -0.2) is 33.7 Å². The first-order valence-corrected chi connectivity index (χ1v) is 15.4. The maximum absolute atomic E-state index is 12.6. The van der Waals surface area contributed by atoms with Crippen molar-refractivity contribution >= 4 is 48.0 Å². The first-order valence-electron chi connectivity index (χ1n) is 5.69. The van der Waals surface area contributed by atoms with E-state index in [1.807, 2.05) is 0 Å². The molecule has 0 spiro atoms. The first-order chi connectivity index (χ1) is 12.5. The number of hydrogen-bond acceptors (Lipinski definition) is 8. The largest absolute Gasteiger partial charge is 0.693 e. The summed E-state index contributed by atoms with van der Waals surface area (Å²) in [6.45, 7) is 0. The van der Waals surface area contributed by atoms with Gasteiger partial charge in [0.1, 0.15) is 0 Å². The Hall–Kier alpha value is -0.508. The van der Waals surface area contributed by atoms with Crippen LogP contribution in [0.5, 0.6) is 0 Å². The third kappa shape index (κ3) is 4.79. The Balaban J connectivity index is 8.07. The van der Waals surface area contributed by atoms with Crippen molar-refractivity contribution in [3.8, 4) is 0 Å². The van der Waals surface area contributed by atoms with Gasteiger partial charge in [0.2, 0.25) is 0 Å². The molecule has 0 unspecified atom stereocenters. The lowest BCUT2D eigenvalue weighted by atomic mass is 11.5. The third-order valence-corrected chi connectivity index (χ3v) is 27.0. The quantitative estimate of drug-likeness (QED) is 0.353. The highest BCUT2D eigenvalue weighted by Gasteiger charge is 2.82. The molecule has 0 bridgehead atoms. The molecule has 0 aromatic rings. The van der Waals surface area contributed by atoms with E-state index in [9.17, 15) is 86.4 Å². The summed E-state index contributed by atoms with van der Waals surface area (Å²) >= 11 is -8.39. The molecule has 0 heterocycles. The molecule has 0 aliphatic carbocycles. The van der Waals surface area contributed by atoms with Crippen LogP contribution < -0.4 is 0 Å². The molecule has 30 heavy (non-hydrogen) atoms. The summed E-state index contributed by atoms with van der Waals surface area (Å²) in [4.78, 5) is 0. The van der Waals surface area contributed by atoms with Crippen LogP contribution in [0.1, 0.15) is 0 Å². The first kappa shape index (κ1) is 29.5. The fourth-order valence-corrected chi connectivity index (χ4v) is 28.5. The zero-order valence-electron chi connectivity index (χ0n) is 12.6. The van der Waals surface area contributed by atoms with Gasteiger partial charge in [-0.2, -0.15) is 52.7 Å². The van der Waals surface area contributed by atoms with Crippen molar-refractivity contribution in [2.75, 3.05) is 0 Å². The predicted octanol–water partition coefficient (Wildman–Crippen LogP) is 1.08. The number of alkyl halides is 12. The van der Waals surface area contributed by atoms with E-state index in [1.54, 1.807) is 0 Å². The van der Waals surface area contributed by atoms with Gasteiger partial charge in [0.15, 0.2) is 19.9 Å². The second-order valence-electron chi connectivity index (χ2n) is 4.70. The highest BCUT2D eigenvalue weighted by molar-refractivity contribution is 8.50. The van der Waals surface area contributed by atoms with E-state index in [-0.39, 0.29) is 0 Å². The molecule has 0 aliphatic heterocycles. The normalized spacial score (nSPS) is 16.0. The summed E-state index contributed by atoms with van der Waals surface area (Å²) in [5, 5.41) is 0. The molecule has 0 rings (SSSR count). The second kappa shape index (κ2) is 7.53. The second-order valence-corrected chi connectivity index (χ2v) is 22.3. The molecule has 0 aromatic heterocycles. The van der Waals surface area contributed by atoms with E-state index in [1.165, 1.54) is 0 Å². The van der Waals surface area contributed by atoms with Gasteiger partial charge in [-0.15, -0.1) is 0 Å². The molecule has 0 fully saturated rings. The van der Waals surface area contributed by atoms with Crippen LogP contribution in [0.2, 0.25) is 0 Å². The van der Waals surface area contributed by atoms with E-state index in [2.05, 4.69) is 0 Å². The van der Waals surface area contributed by atoms with Crippen molar-refractivity contribution in [3.05, 3.63) is 0 Å². The molecule has 0 amide bonds. The molecule has 8 nitrogen and oxygen atoms in total. The van der Waals surface area contributed by atoms with E-state index in [4.69, 9.17) is 0 Å². The molecule has 0 N–H and O–H groups in total. The van der Waals surface area contributed by atoms with Crippen LogP contribution in [0.15, 0.2) is 0 Å². The van der Waals surface area contributed by atoms with E-state index < -0.39 is 73.4 Å². The average molecular weight is 572 g/mol. The fraction of sp³-hybridized carbons (Fsp3) is 1.00. The lowest BCUT2D eigenvalue weighted by Crippen LogP contribution is -2.63. The van der Waals surface area contributed by atoms with Gasteiger partial charge >= 0.3 is 33.9 Å². The summed E-state index contributed by atoms with van der Waals surface area (Å²) in [6, 6.07) is 0. The molecular weight excluding hydrogens is 571 g/mol.